The number of ketones is 1. The molecule has 2 aliphatic rings. The third-order valence-corrected chi connectivity index (χ3v) is 5.33. The van der Waals surface area contributed by atoms with Gasteiger partial charge in [0.1, 0.15) is 6.61 Å². The maximum absolute atomic E-state index is 13.2. The second-order valence-electron chi connectivity index (χ2n) is 7.19. The highest BCUT2D eigenvalue weighted by atomic mass is 16.7. The number of anilines is 1. The number of benzene rings is 3. The lowest BCUT2D eigenvalue weighted by Gasteiger charge is -2.36. The largest absolute Gasteiger partial charge is 0.454 e. The van der Waals surface area contributed by atoms with Crippen LogP contribution in [0.3, 0.4) is 0 Å². The molecular formula is C24H19NO5. The Morgan fingerprint density at radius 2 is 1.63 bits per heavy atom. The Balaban J connectivity index is 1.54. The van der Waals surface area contributed by atoms with E-state index in [1.54, 1.807) is 17.0 Å². The van der Waals surface area contributed by atoms with E-state index in [2.05, 4.69) is 0 Å². The SMILES string of the molecule is O=C1C[C@H](c2ccccc2)N(C(=O)OCc2ccccc2)c2cc3c(cc21)OCO3. The topological polar surface area (TPSA) is 65.1 Å². The van der Waals surface area contributed by atoms with Crippen molar-refractivity contribution in [2.45, 2.75) is 19.1 Å². The van der Waals surface area contributed by atoms with Crippen molar-refractivity contribution in [1.82, 2.24) is 0 Å². The van der Waals surface area contributed by atoms with E-state index in [1.807, 2.05) is 60.7 Å². The van der Waals surface area contributed by atoms with Gasteiger partial charge >= 0.3 is 6.09 Å². The number of nitrogens with zero attached hydrogens (tertiary/aromatic N) is 1. The number of hydrogen-bond donors (Lipinski definition) is 0. The zero-order valence-corrected chi connectivity index (χ0v) is 16.1. The first-order valence-corrected chi connectivity index (χ1v) is 9.72. The lowest BCUT2D eigenvalue weighted by atomic mass is 9.90. The van der Waals surface area contributed by atoms with Gasteiger partial charge in [0.2, 0.25) is 6.79 Å². The van der Waals surface area contributed by atoms with Crippen LogP contribution < -0.4 is 14.4 Å². The van der Waals surface area contributed by atoms with Crippen LogP contribution in [0.4, 0.5) is 10.5 Å². The molecule has 0 radical (unpaired) electrons. The van der Waals surface area contributed by atoms with E-state index in [0.717, 1.165) is 11.1 Å². The molecule has 6 nitrogen and oxygen atoms in total. The second kappa shape index (κ2) is 7.55. The Kier molecular flexibility index (Phi) is 4.59. The minimum Gasteiger partial charge on any atom is -0.454 e. The van der Waals surface area contributed by atoms with Crippen molar-refractivity contribution in [3.63, 3.8) is 0 Å². The standard InChI is InChI=1S/C24H19NO5/c26-21-12-19(17-9-5-2-6-10-17)25(24(27)28-14-16-7-3-1-4-8-16)20-13-23-22(11-18(20)21)29-15-30-23/h1-11,13,19H,12,14-15H2/t19-/m1/s1. The quantitative estimate of drug-likeness (QED) is 0.625. The molecule has 1 atom stereocenters. The summed E-state index contributed by atoms with van der Waals surface area (Å²) in [5.41, 5.74) is 2.66. The van der Waals surface area contributed by atoms with Gasteiger partial charge in [-0.2, -0.15) is 0 Å². The van der Waals surface area contributed by atoms with Crippen LogP contribution in [0.15, 0.2) is 72.8 Å². The van der Waals surface area contributed by atoms with E-state index < -0.39 is 12.1 Å². The molecule has 0 bridgehead atoms. The fourth-order valence-corrected chi connectivity index (χ4v) is 3.86. The van der Waals surface area contributed by atoms with Gasteiger partial charge < -0.3 is 14.2 Å². The molecule has 0 aromatic heterocycles. The summed E-state index contributed by atoms with van der Waals surface area (Å²) >= 11 is 0. The molecule has 0 saturated carbocycles. The molecule has 5 rings (SSSR count). The molecule has 0 saturated heterocycles. The highest BCUT2D eigenvalue weighted by Gasteiger charge is 2.39. The Morgan fingerprint density at radius 1 is 0.967 bits per heavy atom. The van der Waals surface area contributed by atoms with Crippen molar-refractivity contribution in [2.75, 3.05) is 11.7 Å². The lowest BCUT2D eigenvalue weighted by molar-refractivity contribution is 0.0960. The molecule has 1 amide bonds. The smallest absolute Gasteiger partial charge is 0.415 e. The summed E-state index contributed by atoms with van der Waals surface area (Å²) in [5, 5.41) is 0. The minimum atomic E-state index is -0.514. The number of fused-ring (bicyclic) bond motifs is 2. The molecule has 150 valence electrons. The van der Waals surface area contributed by atoms with Crippen molar-refractivity contribution in [2.24, 2.45) is 0 Å². The van der Waals surface area contributed by atoms with E-state index in [0.29, 0.717) is 22.7 Å². The molecule has 3 aromatic carbocycles. The number of ether oxygens (including phenoxy) is 3. The average Bonchev–Trinajstić information content (AvgIpc) is 3.25. The number of amides is 1. The first-order chi connectivity index (χ1) is 14.7. The van der Waals surface area contributed by atoms with Crippen LogP contribution in [0.1, 0.15) is 33.9 Å². The summed E-state index contributed by atoms with van der Waals surface area (Å²) in [6.45, 7) is 0.235. The van der Waals surface area contributed by atoms with Gasteiger partial charge in [0.05, 0.1) is 11.7 Å². The zero-order chi connectivity index (χ0) is 20.5. The van der Waals surface area contributed by atoms with E-state index in [-0.39, 0.29) is 25.6 Å². The van der Waals surface area contributed by atoms with Crippen LogP contribution in [0.2, 0.25) is 0 Å². The van der Waals surface area contributed by atoms with Gasteiger partial charge in [-0.3, -0.25) is 9.69 Å². The molecule has 6 heteroatoms. The third kappa shape index (κ3) is 3.26. The van der Waals surface area contributed by atoms with Crippen molar-refractivity contribution in [3.05, 3.63) is 89.5 Å². The average molecular weight is 401 g/mol. The molecule has 30 heavy (non-hydrogen) atoms. The van der Waals surface area contributed by atoms with Crippen LogP contribution in [-0.4, -0.2) is 18.7 Å². The molecule has 0 fully saturated rings. The first kappa shape index (κ1) is 18.2. The van der Waals surface area contributed by atoms with Crippen LogP contribution in [0.25, 0.3) is 0 Å². The number of carbonyl (C=O) groups is 2. The molecule has 2 heterocycles. The van der Waals surface area contributed by atoms with Gasteiger partial charge in [0, 0.05) is 18.1 Å². The lowest BCUT2D eigenvalue weighted by Crippen LogP contribution is -2.40. The van der Waals surface area contributed by atoms with Gasteiger partial charge in [0.15, 0.2) is 17.3 Å². The van der Waals surface area contributed by atoms with Gasteiger partial charge in [-0.25, -0.2) is 4.79 Å². The van der Waals surface area contributed by atoms with E-state index in [9.17, 15) is 9.59 Å². The van der Waals surface area contributed by atoms with Crippen molar-refractivity contribution in [1.29, 1.82) is 0 Å². The second-order valence-corrected chi connectivity index (χ2v) is 7.19. The van der Waals surface area contributed by atoms with Crippen LogP contribution in [0, 0.1) is 0 Å². The number of carbonyl (C=O) groups excluding carboxylic acids is 2. The summed E-state index contributed by atoms with van der Waals surface area (Å²) in [4.78, 5) is 27.7. The fraction of sp³-hybridized carbons (Fsp3) is 0.167. The maximum atomic E-state index is 13.2. The third-order valence-electron chi connectivity index (χ3n) is 5.33. The molecule has 0 aliphatic carbocycles. The summed E-state index contributed by atoms with van der Waals surface area (Å²) in [5.74, 6) is 0.971. The predicted octanol–water partition coefficient (Wildman–Crippen LogP) is 4.89. The van der Waals surface area contributed by atoms with Crippen molar-refractivity contribution in [3.8, 4) is 11.5 Å². The molecule has 3 aromatic rings. The van der Waals surface area contributed by atoms with Crippen LogP contribution >= 0.6 is 0 Å². The van der Waals surface area contributed by atoms with Crippen molar-refractivity contribution >= 4 is 17.6 Å². The Morgan fingerprint density at radius 3 is 2.37 bits per heavy atom. The Bertz CT molecular complexity index is 1100. The summed E-state index contributed by atoms with van der Waals surface area (Å²) in [7, 11) is 0. The van der Waals surface area contributed by atoms with E-state index >= 15 is 0 Å². The summed E-state index contributed by atoms with van der Waals surface area (Å²) < 4.78 is 16.5. The van der Waals surface area contributed by atoms with Gasteiger partial charge in [0.25, 0.3) is 0 Å². The monoisotopic (exact) mass is 401 g/mol. The highest BCUT2D eigenvalue weighted by molar-refractivity contribution is 6.09. The highest BCUT2D eigenvalue weighted by Crippen LogP contribution is 2.45. The fourth-order valence-electron chi connectivity index (χ4n) is 3.86. The zero-order valence-electron chi connectivity index (χ0n) is 16.1. The van der Waals surface area contributed by atoms with E-state index in [4.69, 9.17) is 14.2 Å². The molecule has 2 aliphatic heterocycles. The first-order valence-electron chi connectivity index (χ1n) is 9.72. The van der Waals surface area contributed by atoms with Gasteiger partial charge in [-0.15, -0.1) is 0 Å². The predicted molar refractivity (Wildman–Crippen MR) is 110 cm³/mol. The number of rotatable bonds is 3. The van der Waals surface area contributed by atoms with Crippen LogP contribution in [-0.2, 0) is 11.3 Å². The van der Waals surface area contributed by atoms with Crippen molar-refractivity contribution < 1.29 is 23.8 Å². The molecular weight excluding hydrogens is 382 g/mol. The van der Waals surface area contributed by atoms with Crippen LogP contribution in [0.5, 0.6) is 11.5 Å². The maximum Gasteiger partial charge on any atom is 0.415 e. The molecule has 0 N–H and O–H groups in total. The minimum absolute atomic E-state index is 0.0516. The number of hydrogen-bond acceptors (Lipinski definition) is 5. The Hall–Kier alpha value is -3.80. The number of Topliss-reactive ketones (excluding diaryl/α,β-unsaturated/α-hetero) is 1. The molecule has 0 spiro atoms. The molecule has 0 unspecified atom stereocenters. The normalized spacial score (nSPS) is 16.9. The summed E-state index contributed by atoms with van der Waals surface area (Å²) in [6.07, 6.45) is -0.350. The van der Waals surface area contributed by atoms with Gasteiger partial charge in [-0.05, 0) is 17.2 Å². The Labute approximate surface area is 173 Å². The van der Waals surface area contributed by atoms with Gasteiger partial charge in [-0.1, -0.05) is 60.7 Å². The van der Waals surface area contributed by atoms with E-state index in [1.165, 1.54) is 0 Å². The summed E-state index contributed by atoms with van der Waals surface area (Å²) in [6, 6.07) is 21.9.